The van der Waals surface area contributed by atoms with Gasteiger partial charge in [-0.05, 0) is 40.2 Å². The van der Waals surface area contributed by atoms with E-state index in [9.17, 15) is 4.79 Å². The van der Waals surface area contributed by atoms with Gasteiger partial charge in [-0.3, -0.25) is 4.79 Å². The van der Waals surface area contributed by atoms with Crippen molar-refractivity contribution >= 4 is 5.91 Å². The molecule has 1 N–H and O–H groups in total. The second kappa shape index (κ2) is 5.67. The van der Waals surface area contributed by atoms with E-state index in [1.54, 1.807) is 0 Å². The van der Waals surface area contributed by atoms with Gasteiger partial charge in [0.15, 0.2) is 0 Å². The lowest BCUT2D eigenvalue weighted by molar-refractivity contribution is -0.138. The highest BCUT2D eigenvalue weighted by molar-refractivity contribution is 5.86. The minimum atomic E-state index is -0.392. The number of amides is 1. The minimum Gasteiger partial charge on any atom is -0.338 e. The molecular weight excluding hydrogens is 200 g/mol. The van der Waals surface area contributed by atoms with E-state index >= 15 is 0 Å². The minimum absolute atomic E-state index is 0.258. The van der Waals surface area contributed by atoms with Gasteiger partial charge in [-0.1, -0.05) is 19.8 Å². The SMILES string of the molecule is CCCCCN1C(=O)C(C)(C)NCCC1C. The highest BCUT2D eigenvalue weighted by atomic mass is 16.2. The molecule has 1 fully saturated rings. The van der Waals surface area contributed by atoms with Crippen molar-refractivity contribution in [2.45, 2.75) is 65.0 Å². The third kappa shape index (κ3) is 3.21. The molecule has 0 saturated carbocycles. The van der Waals surface area contributed by atoms with Gasteiger partial charge in [-0.2, -0.15) is 0 Å². The summed E-state index contributed by atoms with van der Waals surface area (Å²) < 4.78 is 0. The molecule has 1 heterocycles. The number of rotatable bonds is 4. The molecule has 0 aromatic heterocycles. The average molecular weight is 226 g/mol. The van der Waals surface area contributed by atoms with E-state index < -0.39 is 5.54 Å². The second-order valence-corrected chi connectivity index (χ2v) is 5.40. The number of nitrogens with zero attached hydrogens (tertiary/aromatic N) is 1. The highest BCUT2D eigenvalue weighted by Gasteiger charge is 2.35. The molecule has 94 valence electrons. The van der Waals surface area contributed by atoms with Crippen LogP contribution in [0.4, 0.5) is 0 Å². The molecule has 1 aliphatic heterocycles. The van der Waals surface area contributed by atoms with Crippen LogP contribution < -0.4 is 5.32 Å². The van der Waals surface area contributed by atoms with Gasteiger partial charge in [0.05, 0.1) is 5.54 Å². The Morgan fingerprint density at radius 2 is 2.12 bits per heavy atom. The number of carbonyl (C=O) groups excluding carboxylic acids is 1. The first-order chi connectivity index (χ1) is 7.49. The van der Waals surface area contributed by atoms with Gasteiger partial charge in [-0.25, -0.2) is 0 Å². The smallest absolute Gasteiger partial charge is 0.242 e. The van der Waals surface area contributed by atoms with Gasteiger partial charge < -0.3 is 10.2 Å². The van der Waals surface area contributed by atoms with E-state index in [2.05, 4.69) is 24.1 Å². The lowest BCUT2D eigenvalue weighted by Gasteiger charge is -2.32. The van der Waals surface area contributed by atoms with E-state index in [-0.39, 0.29) is 5.91 Å². The number of hydrogen-bond acceptors (Lipinski definition) is 2. The molecule has 1 saturated heterocycles. The van der Waals surface area contributed by atoms with E-state index in [4.69, 9.17) is 0 Å². The highest BCUT2D eigenvalue weighted by Crippen LogP contribution is 2.18. The summed E-state index contributed by atoms with van der Waals surface area (Å²) in [6, 6.07) is 0.374. The number of carbonyl (C=O) groups is 1. The zero-order chi connectivity index (χ0) is 12.2. The van der Waals surface area contributed by atoms with Crippen LogP contribution in [0.2, 0.25) is 0 Å². The van der Waals surface area contributed by atoms with Gasteiger partial charge in [0, 0.05) is 12.6 Å². The van der Waals surface area contributed by atoms with Crippen LogP contribution in [-0.2, 0) is 4.79 Å². The molecule has 16 heavy (non-hydrogen) atoms. The zero-order valence-corrected chi connectivity index (χ0v) is 11.2. The van der Waals surface area contributed by atoms with Crippen LogP contribution in [0.3, 0.4) is 0 Å². The van der Waals surface area contributed by atoms with Crippen molar-refractivity contribution in [3.8, 4) is 0 Å². The Morgan fingerprint density at radius 1 is 1.44 bits per heavy atom. The fourth-order valence-corrected chi connectivity index (χ4v) is 2.24. The van der Waals surface area contributed by atoms with Crippen LogP contribution in [0.5, 0.6) is 0 Å². The molecule has 0 bridgehead atoms. The van der Waals surface area contributed by atoms with Crippen LogP contribution in [0.1, 0.15) is 53.4 Å². The summed E-state index contributed by atoms with van der Waals surface area (Å²) >= 11 is 0. The number of unbranched alkanes of at least 4 members (excludes halogenated alkanes) is 2. The van der Waals surface area contributed by atoms with Crippen LogP contribution in [0.15, 0.2) is 0 Å². The lowest BCUT2D eigenvalue weighted by atomic mass is 10.0. The number of nitrogens with one attached hydrogen (secondary N) is 1. The molecular formula is C13H26N2O. The quantitative estimate of drug-likeness (QED) is 0.745. The Balaban J connectivity index is 2.64. The topological polar surface area (TPSA) is 32.3 Å². The van der Waals surface area contributed by atoms with Crippen molar-refractivity contribution in [3.63, 3.8) is 0 Å². The fraction of sp³-hybridized carbons (Fsp3) is 0.923. The third-order valence-electron chi connectivity index (χ3n) is 3.46. The van der Waals surface area contributed by atoms with Crippen molar-refractivity contribution in [1.29, 1.82) is 0 Å². The molecule has 3 nitrogen and oxygen atoms in total. The maximum Gasteiger partial charge on any atom is 0.242 e. The van der Waals surface area contributed by atoms with Crippen molar-refractivity contribution < 1.29 is 4.79 Å². The Morgan fingerprint density at radius 3 is 2.75 bits per heavy atom. The van der Waals surface area contributed by atoms with Gasteiger partial charge in [-0.15, -0.1) is 0 Å². The molecule has 0 radical (unpaired) electrons. The summed E-state index contributed by atoms with van der Waals surface area (Å²) in [7, 11) is 0. The molecule has 0 spiro atoms. The van der Waals surface area contributed by atoms with Crippen molar-refractivity contribution in [2.75, 3.05) is 13.1 Å². The average Bonchev–Trinajstić information content (AvgIpc) is 2.30. The first-order valence-electron chi connectivity index (χ1n) is 6.55. The maximum absolute atomic E-state index is 12.3. The van der Waals surface area contributed by atoms with Gasteiger partial charge in [0.25, 0.3) is 0 Å². The predicted molar refractivity (Wildman–Crippen MR) is 67.4 cm³/mol. The van der Waals surface area contributed by atoms with Crippen molar-refractivity contribution in [1.82, 2.24) is 10.2 Å². The van der Waals surface area contributed by atoms with E-state index in [1.165, 1.54) is 12.8 Å². The Labute approximate surface area is 99.6 Å². The standard InChI is InChI=1S/C13H26N2O/c1-5-6-7-10-15-11(2)8-9-14-13(3,4)12(15)16/h11,14H,5-10H2,1-4H3. The van der Waals surface area contributed by atoms with Gasteiger partial charge in [0.1, 0.15) is 0 Å². The summed E-state index contributed by atoms with van der Waals surface area (Å²) in [5.74, 6) is 0.258. The molecule has 0 aliphatic carbocycles. The van der Waals surface area contributed by atoms with Crippen LogP contribution in [0, 0.1) is 0 Å². The maximum atomic E-state index is 12.3. The summed E-state index contributed by atoms with van der Waals surface area (Å²) in [6.07, 6.45) is 4.60. The van der Waals surface area contributed by atoms with E-state index in [0.717, 1.165) is 25.9 Å². The summed E-state index contributed by atoms with van der Waals surface area (Å²) in [5, 5.41) is 3.33. The fourth-order valence-electron chi connectivity index (χ4n) is 2.24. The van der Waals surface area contributed by atoms with Crippen LogP contribution in [0.25, 0.3) is 0 Å². The monoisotopic (exact) mass is 226 g/mol. The van der Waals surface area contributed by atoms with Gasteiger partial charge in [0.2, 0.25) is 5.91 Å². The summed E-state index contributed by atoms with van der Waals surface area (Å²) in [4.78, 5) is 14.4. The first kappa shape index (κ1) is 13.5. The summed E-state index contributed by atoms with van der Waals surface area (Å²) in [5.41, 5.74) is -0.392. The molecule has 1 aliphatic rings. The van der Waals surface area contributed by atoms with E-state index in [1.807, 2.05) is 13.8 Å². The molecule has 1 amide bonds. The van der Waals surface area contributed by atoms with Crippen LogP contribution >= 0.6 is 0 Å². The Hall–Kier alpha value is -0.570. The summed E-state index contributed by atoms with van der Waals surface area (Å²) in [6.45, 7) is 10.2. The molecule has 1 atom stereocenters. The van der Waals surface area contributed by atoms with Crippen molar-refractivity contribution in [2.24, 2.45) is 0 Å². The molecule has 1 unspecified atom stereocenters. The largest absolute Gasteiger partial charge is 0.338 e. The number of hydrogen-bond donors (Lipinski definition) is 1. The Kier molecular flexibility index (Phi) is 4.78. The molecule has 0 aromatic carbocycles. The normalized spacial score (nSPS) is 25.6. The molecule has 1 rings (SSSR count). The van der Waals surface area contributed by atoms with E-state index in [0.29, 0.717) is 6.04 Å². The predicted octanol–water partition coefficient (Wildman–Crippen LogP) is 2.17. The molecule has 0 aromatic rings. The third-order valence-corrected chi connectivity index (χ3v) is 3.46. The van der Waals surface area contributed by atoms with Crippen LogP contribution in [-0.4, -0.2) is 35.5 Å². The van der Waals surface area contributed by atoms with Crippen molar-refractivity contribution in [3.05, 3.63) is 0 Å². The lowest BCUT2D eigenvalue weighted by Crippen LogP contribution is -2.53. The Bertz CT molecular complexity index is 238. The van der Waals surface area contributed by atoms with Gasteiger partial charge >= 0.3 is 0 Å². The first-order valence-corrected chi connectivity index (χ1v) is 6.55. The zero-order valence-electron chi connectivity index (χ0n) is 11.2. The molecule has 3 heteroatoms. The second-order valence-electron chi connectivity index (χ2n) is 5.40.